The molecule has 2 saturated heterocycles. The lowest BCUT2D eigenvalue weighted by molar-refractivity contribution is -0.389. The molecule has 0 aromatic carbocycles. The molecule has 2 aliphatic rings. The molecule has 2 fully saturated rings. The Morgan fingerprint density at radius 3 is 2.46 bits per heavy atom. The van der Waals surface area contributed by atoms with Gasteiger partial charge in [-0.1, -0.05) is 11.3 Å². The SMILES string of the molecule is O=C1CCC(=O)N1CCN1CCN(c2nc3sccn3c2[N+](=O)[O-])CC1. The Kier molecular flexibility index (Phi) is 4.32. The van der Waals surface area contributed by atoms with Crippen molar-refractivity contribution < 1.29 is 14.5 Å². The topological polar surface area (TPSA) is 104 Å². The lowest BCUT2D eigenvalue weighted by Gasteiger charge is -2.35. The number of carbonyl (C=O) groups excluding carboxylic acids is 2. The van der Waals surface area contributed by atoms with Crippen LogP contribution in [0.3, 0.4) is 0 Å². The second-order valence-electron chi connectivity index (χ2n) is 6.34. The van der Waals surface area contributed by atoms with Crippen LogP contribution in [-0.2, 0) is 9.59 Å². The molecule has 0 atom stereocenters. The van der Waals surface area contributed by atoms with E-state index in [2.05, 4.69) is 9.88 Å². The summed E-state index contributed by atoms with van der Waals surface area (Å²) in [5.41, 5.74) is 0. The Morgan fingerprint density at radius 1 is 1.12 bits per heavy atom. The predicted octanol–water partition coefficient (Wildman–Crippen LogP) is 0.575. The van der Waals surface area contributed by atoms with Crippen molar-refractivity contribution >= 4 is 39.7 Å². The van der Waals surface area contributed by atoms with E-state index < -0.39 is 0 Å². The molecule has 4 rings (SSSR count). The number of carbonyl (C=O) groups is 2. The Labute approximate surface area is 152 Å². The fraction of sp³-hybridized carbons (Fsp3) is 0.533. The summed E-state index contributed by atoms with van der Waals surface area (Å²) in [6.45, 7) is 3.70. The molecule has 0 unspecified atom stereocenters. The van der Waals surface area contributed by atoms with Gasteiger partial charge in [0, 0.05) is 57.5 Å². The van der Waals surface area contributed by atoms with Crippen LogP contribution in [0.4, 0.5) is 11.6 Å². The highest BCUT2D eigenvalue weighted by atomic mass is 32.1. The molecule has 0 N–H and O–H groups in total. The van der Waals surface area contributed by atoms with E-state index in [0.29, 0.717) is 62.9 Å². The molecule has 0 saturated carbocycles. The summed E-state index contributed by atoms with van der Waals surface area (Å²) in [7, 11) is 0. The number of fused-ring (bicyclic) bond motifs is 1. The zero-order valence-electron chi connectivity index (χ0n) is 14.0. The second kappa shape index (κ2) is 6.65. The normalized spacial score (nSPS) is 19.1. The Bertz CT molecular complexity index is 853. The maximum atomic E-state index is 11.7. The molecule has 11 heteroatoms. The zero-order valence-corrected chi connectivity index (χ0v) is 14.9. The van der Waals surface area contributed by atoms with Crippen molar-refractivity contribution in [2.75, 3.05) is 44.2 Å². The molecular formula is C15H18N6O4S. The summed E-state index contributed by atoms with van der Waals surface area (Å²) < 4.78 is 1.51. The van der Waals surface area contributed by atoms with E-state index in [1.807, 2.05) is 4.90 Å². The molecule has 4 heterocycles. The fourth-order valence-corrected chi connectivity index (χ4v) is 4.15. The van der Waals surface area contributed by atoms with Crippen molar-refractivity contribution in [3.63, 3.8) is 0 Å². The minimum absolute atomic E-state index is 0.00274. The summed E-state index contributed by atoms with van der Waals surface area (Å²) in [6, 6.07) is 0. The van der Waals surface area contributed by atoms with Gasteiger partial charge in [0.2, 0.25) is 17.6 Å². The molecule has 2 amide bonds. The van der Waals surface area contributed by atoms with E-state index in [1.165, 1.54) is 20.6 Å². The van der Waals surface area contributed by atoms with Gasteiger partial charge in [-0.15, -0.1) is 0 Å². The highest BCUT2D eigenvalue weighted by molar-refractivity contribution is 7.15. The maximum absolute atomic E-state index is 11.7. The summed E-state index contributed by atoms with van der Waals surface area (Å²) >= 11 is 1.37. The van der Waals surface area contributed by atoms with Crippen molar-refractivity contribution in [1.82, 2.24) is 19.2 Å². The van der Waals surface area contributed by atoms with E-state index in [1.54, 1.807) is 11.6 Å². The Hall–Kier alpha value is -2.53. The van der Waals surface area contributed by atoms with E-state index in [0.717, 1.165) is 0 Å². The quantitative estimate of drug-likeness (QED) is 0.426. The third-order valence-electron chi connectivity index (χ3n) is 4.86. The first-order valence-electron chi connectivity index (χ1n) is 8.45. The van der Waals surface area contributed by atoms with Crippen molar-refractivity contribution in [1.29, 1.82) is 0 Å². The molecule has 2 aromatic rings. The van der Waals surface area contributed by atoms with E-state index in [4.69, 9.17) is 0 Å². The van der Waals surface area contributed by atoms with Gasteiger partial charge in [0.05, 0.1) is 0 Å². The van der Waals surface area contributed by atoms with Crippen LogP contribution in [0, 0.1) is 10.1 Å². The van der Waals surface area contributed by atoms with E-state index in [-0.39, 0.29) is 22.6 Å². The number of amides is 2. The van der Waals surface area contributed by atoms with Gasteiger partial charge >= 0.3 is 5.82 Å². The number of hydrogen-bond donors (Lipinski definition) is 0. The highest BCUT2D eigenvalue weighted by Crippen LogP contribution is 2.31. The van der Waals surface area contributed by atoms with Crippen LogP contribution >= 0.6 is 11.3 Å². The first-order chi connectivity index (χ1) is 12.5. The number of thiazole rings is 1. The van der Waals surface area contributed by atoms with Gasteiger partial charge in [0.25, 0.3) is 4.96 Å². The molecule has 26 heavy (non-hydrogen) atoms. The number of imidazole rings is 1. The third-order valence-corrected chi connectivity index (χ3v) is 5.62. The van der Waals surface area contributed by atoms with Gasteiger partial charge in [-0.05, 0) is 4.92 Å². The molecule has 2 aromatic heterocycles. The minimum Gasteiger partial charge on any atom is -0.358 e. The van der Waals surface area contributed by atoms with Gasteiger partial charge in [0.1, 0.15) is 6.20 Å². The summed E-state index contributed by atoms with van der Waals surface area (Å²) in [5, 5.41) is 13.2. The molecular weight excluding hydrogens is 360 g/mol. The Morgan fingerprint density at radius 2 is 1.81 bits per heavy atom. The first-order valence-corrected chi connectivity index (χ1v) is 9.33. The average molecular weight is 378 g/mol. The lowest BCUT2D eigenvalue weighted by atomic mass is 10.3. The number of nitrogens with zero attached hydrogens (tertiary/aromatic N) is 6. The van der Waals surface area contributed by atoms with Crippen molar-refractivity contribution in [2.24, 2.45) is 0 Å². The standard InChI is InChI=1S/C15H18N6O4S/c22-11-1-2-12(23)19(11)8-5-17-3-6-18(7-4-17)13-14(21(24)25)20-9-10-26-15(20)16-13/h9-10H,1-8H2. The largest absolute Gasteiger partial charge is 0.373 e. The van der Waals surface area contributed by atoms with Gasteiger partial charge in [-0.25, -0.2) is 0 Å². The number of imide groups is 1. The monoisotopic (exact) mass is 378 g/mol. The number of rotatable bonds is 5. The number of likely N-dealkylation sites (tertiary alicyclic amines) is 1. The van der Waals surface area contributed by atoms with Crippen LogP contribution in [-0.4, -0.2) is 75.2 Å². The lowest BCUT2D eigenvalue weighted by Crippen LogP contribution is -2.49. The minimum atomic E-state index is -0.390. The van der Waals surface area contributed by atoms with Crippen molar-refractivity contribution in [3.8, 4) is 0 Å². The summed E-state index contributed by atoms with van der Waals surface area (Å²) in [4.78, 5) is 44.9. The number of piperazine rings is 1. The van der Waals surface area contributed by atoms with Gasteiger partial charge in [-0.3, -0.25) is 19.4 Å². The Balaban J connectivity index is 1.39. The van der Waals surface area contributed by atoms with Gasteiger partial charge in [0.15, 0.2) is 0 Å². The fourth-order valence-electron chi connectivity index (χ4n) is 3.44. The summed E-state index contributed by atoms with van der Waals surface area (Å²) in [5.74, 6) is 0.221. The summed E-state index contributed by atoms with van der Waals surface area (Å²) in [6.07, 6.45) is 2.29. The second-order valence-corrected chi connectivity index (χ2v) is 7.21. The molecule has 10 nitrogen and oxygen atoms in total. The van der Waals surface area contributed by atoms with Gasteiger partial charge in [-0.2, -0.15) is 9.38 Å². The molecule has 0 bridgehead atoms. The van der Waals surface area contributed by atoms with Crippen LogP contribution < -0.4 is 4.90 Å². The maximum Gasteiger partial charge on any atom is 0.373 e. The first kappa shape index (κ1) is 16.9. The third kappa shape index (κ3) is 2.92. The molecule has 0 radical (unpaired) electrons. The number of aromatic nitrogens is 2. The number of anilines is 1. The van der Waals surface area contributed by atoms with Gasteiger partial charge < -0.3 is 15.0 Å². The van der Waals surface area contributed by atoms with E-state index in [9.17, 15) is 19.7 Å². The smallest absolute Gasteiger partial charge is 0.358 e. The molecule has 2 aliphatic heterocycles. The van der Waals surface area contributed by atoms with Crippen LogP contribution in [0.2, 0.25) is 0 Å². The zero-order chi connectivity index (χ0) is 18.3. The van der Waals surface area contributed by atoms with E-state index >= 15 is 0 Å². The number of nitro groups is 1. The van der Waals surface area contributed by atoms with Crippen LogP contribution in [0.15, 0.2) is 11.6 Å². The number of hydrogen-bond acceptors (Lipinski definition) is 8. The van der Waals surface area contributed by atoms with Crippen molar-refractivity contribution in [3.05, 3.63) is 21.7 Å². The van der Waals surface area contributed by atoms with Crippen LogP contribution in [0.25, 0.3) is 4.96 Å². The highest BCUT2D eigenvalue weighted by Gasteiger charge is 2.31. The average Bonchev–Trinajstić information content (AvgIpc) is 3.28. The molecule has 0 aliphatic carbocycles. The van der Waals surface area contributed by atoms with Crippen molar-refractivity contribution in [2.45, 2.75) is 12.8 Å². The predicted molar refractivity (Wildman–Crippen MR) is 94.3 cm³/mol. The van der Waals surface area contributed by atoms with Crippen LogP contribution in [0.5, 0.6) is 0 Å². The van der Waals surface area contributed by atoms with Crippen LogP contribution in [0.1, 0.15) is 12.8 Å². The molecule has 138 valence electrons. The molecule has 0 spiro atoms.